The number of aryl methyl sites for hydroxylation is 2. The average molecular weight is 584 g/mol. The molecule has 0 heterocycles. The maximum absolute atomic E-state index is 13.3. The molecule has 0 aliphatic rings. The van der Waals surface area contributed by atoms with Crippen LogP contribution in [0.4, 0.5) is 17.1 Å². The van der Waals surface area contributed by atoms with E-state index in [0.29, 0.717) is 21.8 Å². The molecule has 0 atom stereocenters. The van der Waals surface area contributed by atoms with E-state index in [1.54, 1.807) is 24.3 Å². The summed E-state index contributed by atoms with van der Waals surface area (Å²) in [6.07, 6.45) is 14.3. The molecule has 4 aromatic rings. The van der Waals surface area contributed by atoms with Crippen LogP contribution in [0.15, 0.2) is 83.0 Å². The van der Waals surface area contributed by atoms with Gasteiger partial charge in [-0.1, -0.05) is 113 Å². The standard InChI is InChI=1S/C36H42ClN3O2/c1-3-4-5-6-7-8-9-10-11-12-15-27-18-21-30(22-19-27)38-36(42)32-25-28-16-13-14-17-31(28)34(35(32)41)40-39-33-23-20-29(37)24-26(33)2/h13-14,16-25,41H,3-12,15H2,1-2H3,(H,38,42). The van der Waals surface area contributed by atoms with Gasteiger partial charge in [-0.25, -0.2) is 0 Å². The number of carbonyl (C=O) groups is 1. The lowest BCUT2D eigenvalue weighted by Gasteiger charge is -2.12. The first-order valence-corrected chi connectivity index (χ1v) is 15.7. The number of carbonyl (C=O) groups excluding carboxylic acids is 1. The predicted octanol–water partition coefficient (Wildman–Crippen LogP) is 11.6. The molecule has 4 aromatic carbocycles. The van der Waals surface area contributed by atoms with Gasteiger partial charge in [0.1, 0.15) is 5.69 Å². The molecule has 0 aliphatic carbocycles. The Balaban J connectivity index is 1.36. The number of amides is 1. The van der Waals surface area contributed by atoms with Gasteiger partial charge >= 0.3 is 0 Å². The van der Waals surface area contributed by atoms with Crippen molar-refractivity contribution in [3.05, 3.63) is 94.5 Å². The first-order chi connectivity index (χ1) is 20.5. The van der Waals surface area contributed by atoms with Gasteiger partial charge in [-0.2, -0.15) is 5.11 Å². The Morgan fingerprint density at radius 2 is 1.48 bits per heavy atom. The van der Waals surface area contributed by atoms with Gasteiger partial charge in [-0.15, -0.1) is 5.11 Å². The zero-order valence-electron chi connectivity index (χ0n) is 24.8. The molecule has 1 amide bonds. The fourth-order valence-electron chi connectivity index (χ4n) is 5.20. The van der Waals surface area contributed by atoms with Gasteiger partial charge < -0.3 is 10.4 Å². The molecule has 0 aliphatic heterocycles. The molecule has 0 spiro atoms. The van der Waals surface area contributed by atoms with Crippen LogP contribution in [0.25, 0.3) is 10.8 Å². The summed E-state index contributed by atoms with van der Waals surface area (Å²) in [5, 5.41) is 24.9. The van der Waals surface area contributed by atoms with E-state index in [1.165, 1.54) is 69.8 Å². The molecule has 2 N–H and O–H groups in total. The number of nitrogens with one attached hydrogen (secondary N) is 1. The SMILES string of the molecule is CCCCCCCCCCCCc1ccc(NC(=O)c2cc3ccccc3c(N=Nc3ccc(Cl)cc3C)c2O)cc1. The predicted molar refractivity (Wildman–Crippen MR) is 176 cm³/mol. The molecule has 0 radical (unpaired) electrons. The van der Waals surface area contributed by atoms with Crippen molar-refractivity contribution in [2.24, 2.45) is 10.2 Å². The number of unbranched alkanes of at least 4 members (excludes halogenated alkanes) is 9. The zero-order valence-corrected chi connectivity index (χ0v) is 25.6. The van der Waals surface area contributed by atoms with Crippen LogP contribution in [-0.2, 0) is 6.42 Å². The van der Waals surface area contributed by atoms with Gasteiger partial charge in [0, 0.05) is 16.1 Å². The minimum absolute atomic E-state index is 0.143. The van der Waals surface area contributed by atoms with Gasteiger partial charge in [-0.3, -0.25) is 4.79 Å². The van der Waals surface area contributed by atoms with Crippen LogP contribution in [0.5, 0.6) is 5.75 Å². The minimum atomic E-state index is -0.403. The van der Waals surface area contributed by atoms with E-state index in [2.05, 4.69) is 34.6 Å². The Hall–Kier alpha value is -3.70. The summed E-state index contributed by atoms with van der Waals surface area (Å²) in [5.41, 5.74) is 3.83. The number of phenolic OH excluding ortho intramolecular Hbond substituents is 1. The van der Waals surface area contributed by atoms with Crippen molar-refractivity contribution in [1.29, 1.82) is 0 Å². The lowest BCUT2D eigenvalue weighted by Crippen LogP contribution is -2.12. The Morgan fingerprint density at radius 3 is 2.17 bits per heavy atom. The number of azo groups is 1. The van der Waals surface area contributed by atoms with Crippen molar-refractivity contribution in [3.63, 3.8) is 0 Å². The second-order valence-corrected chi connectivity index (χ2v) is 11.5. The van der Waals surface area contributed by atoms with Crippen molar-refractivity contribution in [2.75, 3.05) is 5.32 Å². The molecule has 0 unspecified atom stereocenters. The van der Waals surface area contributed by atoms with Crippen molar-refractivity contribution < 1.29 is 9.90 Å². The van der Waals surface area contributed by atoms with Crippen LogP contribution >= 0.6 is 11.6 Å². The summed E-state index contributed by atoms with van der Waals surface area (Å²) in [4.78, 5) is 13.3. The Morgan fingerprint density at radius 1 is 0.810 bits per heavy atom. The number of benzene rings is 4. The Bertz CT molecular complexity index is 1500. The second kappa shape index (κ2) is 16.1. The van der Waals surface area contributed by atoms with E-state index < -0.39 is 5.91 Å². The Labute approximate surface area is 255 Å². The number of hydrogen-bond donors (Lipinski definition) is 2. The van der Waals surface area contributed by atoms with Crippen molar-refractivity contribution >= 4 is 45.3 Å². The number of nitrogens with zero attached hydrogens (tertiary/aromatic N) is 2. The molecule has 42 heavy (non-hydrogen) atoms. The smallest absolute Gasteiger partial charge is 0.259 e. The first-order valence-electron chi connectivity index (χ1n) is 15.3. The number of phenols is 1. The molecule has 0 fully saturated rings. The fraction of sp³-hybridized carbons (Fsp3) is 0.361. The lowest BCUT2D eigenvalue weighted by atomic mass is 10.0. The van der Waals surface area contributed by atoms with Crippen LogP contribution in [0.1, 0.15) is 92.6 Å². The number of anilines is 1. The average Bonchev–Trinajstić information content (AvgIpc) is 2.99. The quantitative estimate of drug-likeness (QED) is 0.108. The van der Waals surface area contributed by atoms with Crippen LogP contribution in [0.3, 0.4) is 0 Å². The number of hydrogen-bond acceptors (Lipinski definition) is 4. The maximum Gasteiger partial charge on any atom is 0.259 e. The molecule has 0 saturated heterocycles. The lowest BCUT2D eigenvalue weighted by molar-refractivity contribution is 0.102. The third-order valence-electron chi connectivity index (χ3n) is 7.69. The van der Waals surface area contributed by atoms with Crippen LogP contribution < -0.4 is 5.32 Å². The normalized spacial score (nSPS) is 11.4. The highest BCUT2D eigenvalue weighted by molar-refractivity contribution is 6.30. The van der Waals surface area contributed by atoms with Crippen LogP contribution in [0, 0.1) is 6.92 Å². The number of halogens is 1. The van der Waals surface area contributed by atoms with E-state index in [9.17, 15) is 9.90 Å². The number of aromatic hydroxyl groups is 1. The monoisotopic (exact) mass is 583 g/mol. The Kier molecular flexibility index (Phi) is 12.0. The van der Waals surface area contributed by atoms with E-state index in [4.69, 9.17) is 11.6 Å². The molecule has 0 saturated carbocycles. The number of fused-ring (bicyclic) bond motifs is 1. The largest absolute Gasteiger partial charge is 0.505 e. The second-order valence-electron chi connectivity index (χ2n) is 11.1. The van der Waals surface area contributed by atoms with E-state index >= 15 is 0 Å². The summed E-state index contributed by atoms with van der Waals surface area (Å²) in [7, 11) is 0. The van der Waals surface area contributed by atoms with Gasteiger partial charge in [0.2, 0.25) is 0 Å². The molecule has 5 nitrogen and oxygen atoms in total. The fourth-order valence-corrected chi connectivity index (χ4v) is 5.42. The van der Waals surface area contributed by atoms with E-state index in [1.807, 2.05) is 43.3 Å². The van der Waals surface area contributed by atoms with Gasteiger partial charge in [-0.05, 0) is 72.7 Å². The molecule has 0 aromatic heterocycles. The third kappa shape index (κ3) is 8.90. The highest BCUT2D eigenvalue weighted by atomic mass is 35.5. The summed E-state index contributed by atoms with van der Waals surface area (Å²) in [6.45, 7) is 4.15. The molecule has 220 valence electrons. The van der Waals surface area contributed by atoms with Gasteiger partial charge in [0.25, 0.3) is 5.91 Å². The number of rotatable bonds is 15. The van der Waals surface area contributed by atoms with Crippen molar-refractivity contribution in [2.45, 2.75) is 84.5 Å². The summed E-state index contributed by atoms with van der Waals surface area (Å²) in [6, 6.07) is 22.5. The molecular weight excluding hydrogens is 542 g/mol. The van der Waals surface area contributed by atoms with Crippen LogP contribution in [0.2, 0.25) is 5.02 Å². The summed E-state index contributed by atoms with van der Waals surface area (Å²) < 4.78 is 0. The first kappa shape index (κ1) is 31.2. The molecule has 4 rings (SSSR count). The third-order valence-corrected chi connectivity index (χ3v) is 7.92. The molecule has 0 bridgehead atoms. The molecule has 6 heteroatoms. The van der Waals surface area contributed by atoms with E-state index in [-0.39, 0.29) is 17.0 Å². The van der Waals surface area contributed by atoms with Crippen molar-refractivity contribution in [3.8, 4) is 5.75 Å². The highest BCUT2D eigenvalue weighted by Gasteiger charge is 2.19. The highest BCUT2D eigenvalue weighted by Crippen LogP contribution is 2.40. The van der Waals surface area contributed by atoms with E-state index in [0.717, 1.165) is 17.4 Å². The van der Waals surface area contributed by atoms with Crippen LogP contribution in [-0.4, -0.2) is 11.0 Å². The maximum atomic E-state index is 13.3. The summed E-state index contributed by atoms with van der Waals surface area (Å²) in [5.74, 6) is -0.612. The van der Waals surface area contributed by atoms with Gasteiger partial charge in [0.05, 0.1) is 11.3 Å². The minimum Gasteiger partial charge on any atom is -0.505 e. The van der Waals surface area contributed by atoms with Gasteiger partial charge in [0.15, 0.2) is 5.75 Å². The summed E-state index contributed by atoms with van der Waals surface area (Å²) >= 11 is 6.07. The topological polar surface area (TPSA) is 74.0 Å². The molecular formula is C36H42ClN3O2. The van der Waals surface area contributed by atoms with Crippen molar-refractivity contribution in [1.82, 2.24) is 0 Å². The zero-order chi connectivity index (χ0) is 29.7.